The highest BCUT2D eigenvalue weighted by atomic mass is 32.1. The molecule has 0 bridgehead atoms. The van der Waals surface area contributed by atoms with Crippen molar-refractivity contribution in [1.29, 1.82) is 10.5 Å². The Bertz CT molecular complexity index is 1020. The Hall–Kier alpha value is -3.29. The molecule has 0 saturated heterocycles. The van der Waals surface area contributed by atoms with Crippen LogP contribution in [-0.4, -0.2) is 20.1 Å². The lowest BCUT2D eigenvalue weighted by Gasteiger charge is -2.09. The number of benzene rings is 1. The van der Waals surface area contributed by atoms with E-state index >= 15 is 0 Å². The smallest absolute Gasteiger partial charge is 0.266 e. The number of anilines is 1. The number of aryl methyl sites for hydroxylation is 1. The van der Waals surface area contributed by atoms with Gasteiger partial charge in [0.05, 0.1) is 19.8 Å². The summed E-state index contributed by atoms with van der Waals surface area (Å²) >= 11 is 1.43. The molecule has 1 aromatic heterocycles. The summed E-state index contributed by atoms with van der Waals surface area (Å²) < 4.78 is 10.5. The second kappa shape index (κ2) is 8.60. The number of nitrogens with zero attached hydrogens (tertiary/aromatic N) is 2. The van der Waals surface area contributed by atoms with Gasteiger partial charge in [-0.2, -0.15) is 10.5 Å². The van der Waals surface area contributed by atoms with Crippen LogP contribution in [-0.2, 0) is 17.6 Å². The molecule has 3 rings (SSSR count). The molecule has 1 heterocycles. The number of carbonyl (C=O) groups is 1. The Labute approximate surface area is 167 Å². The van der Waals surface area contributed by atoms with Crippen molar-refractivity contribution >= 4 is 28.3 Å². The van der Waals surface area contributed by atoms with E-state index in [0.29, 0.717) is 27.6 Å². The molecule has 1 aliphatic rings. The van der Waals surface area contributed by atoms with Crippen molar-refractivity contribution in [2.45, 2.75) is 25.7 Å². The molecule has 0 spiro atoms. The van der Waals surface area contributed by atoms with Crippen molar-refractivity contribution in [1.82, 2.24) is 0 Å². The van der Waals surface area contributed by atoms with E-state index in [0.717, 1.165) is 36.1 Å². The van der Waals surface area contributed by atoms with Crippen LogP contribution in [0.3, 0.4) is 0 Å². The molecule has 28 heavy (non-hydrogen) atoms. The Morgan fingerprint density at radius 3 is 2.68 bits per heavy atom. The van der Waals surface area contributed by atoms with Crippen LogP contribution in [0.5, 0.6) is 11.5 Å². The normalized spacial score (nSPS) is 13.1. The van der Waals surface area contributed by atoms with Gasteiger partial charge in [0.15, 0.2) is 0 Å². The van der Waals surface area contributed by atoms with Crippen molar-refractivity contribution in [3.63, 3.8) is 0 Å². The minimum absolute atomic E-state index is 0.0817. The van der Waals surface area contributed by atoms with Gasteiger partial charge in [0.2, 0.25) is 0 Å². The molecule has 1 amide bonds. The summed E-state index contributed by atoms with van der Waals surface area (Å²) in [6.45, 7) is 0. The highest BCUT2D eigenvalue weighted by Crippen LogP contribution is 2.38. The zero-order valence-electron chi connectivity index (χ0n) is 15.7. The zero-order valence-corrected chi connectivity index (χ0v) is 16.5. The van der Waals surface area contributed by atoms with Crippen LogP contribution < -0.4 is 14.8 Å². The number of ether oxygens (including phenoxy) is 2. The van der Waals surface area contributed by atoms with Gasteiger partial charge >= 0.3 is 0 Å². The van der Waals surface area contributed by atoms with Crippen LogP contribution in [0.15, 0.2) is 23.8 Å². The van der Waals surface area contributed by atoms with E-state index in [1.54, 1.807) is 18.2 Å². The SMILES string of the molecule is COc1ccc(OC)c(/C=C(\C#N)C(=O)Nc2sc3c(c2C#N)CCCC3)c1. The van der Waals surface area contributed by atoms with E-state index in [9.17, 15) is 15.3 Å². The van der Waals surface area contributed by atoms with Crippen molar-refractivity contribution < 1.29 is 14.3 Å². The molecule has 0 atom stereocenters. The van der Waals surface area contributed by atoms with Gasteiger partial charge in [-0.1, -0.05) is 0 Å². The first-order valence-corrected chi connectivity index (χ1v) is 9.62. The summed E-state index contributed by atoms with van der Waals surface area (Å²) in [6, 6.07) is 9.27. The molecular formula is C21H19N3O3S. The van der Waals surface area contributed by atoms with Crippen molar-refractivity contribution in [3.8, 4) is 23.6 Å². The van der Waals surface area contributed by atoms with Gasteiger partial charge in [-0.25, -0.2) is 0 Å². The topological polar surface area (TPSA) is 95.1 Å². The van der Waals surface area contributed by atoms with Crippen LogP contribution >= 0.6 is 11.3 Å². The molecule has 0 radical (unpaired) electrons. The van der Waals surface area contributed by atoms with E-state index in [4.69, 9.17) is 9.47 Å². The summed E-state index contributed by atoms with van der Waals surface area (Å²) in [7, 11) is 3.05. The lowest BCUT2D eigenvalue weighted by molar-refractivity contribution is -0.112. The molecule has 142 valence electrons. The third-order valence-corrected chi connectivity index (χ3v) is 5.82. The number of carbonyl (C=O) groups excluding carboxylic acids is 1. The number of nitrogens with one attached hydrogen (secondary N) is 1. The number of rotatable bonds is 5. The number of hydrogen-bond acceptors (Lipinski definition) is 6. The highest BCUT2D eigenvalue weighted by Gasteiger charge is 2.22. The molecule has 0 fully saturated rings. The molecule has 1 aliphatic carbocycles. The Kier molecular flexibility index (Phi) is 5.98. The van der Waals surface area contributed by atoms with Gasteiger partial charge in [0.25, 0.3) is 5.91 Å². The average molecular weight is 393 g/mol. The number of methoxy groups -OCH3 is 2. The molecule has 1 aromatic carbocycles. The van der Waals surface area contributed by atoms with Crippen molar-refractivity contribution in [3.05, 3.63) is 45.3 Å². The third-order valence-electron chi connectivity index (χ3n) is 4.61. The first-order valence-electron chi connectivity index (χ1n) is 8.81. The predicted molar refractivity (Wildman–Crippen MR) is 107 cm³/mol. The molecule has 0 aliphatic heterocycles. The van der Waals surface area contributed by atoms with Crippen LogP contribution in [0.1, 0.15) is 34.4 Å². The van der Waals surface area contributed by atoms with Crippen LogP contribution in [0, 0.1) is 22.7 Å². The lowest BCUT2D eigenvalue weighted by atomic mass is 9.96. The van der Waals surface area contributed by atoms with Gasteiger partial charge < -0.3 is 14.8 Å². The van der Waals surface area contributed by atoms with E-state index < -0.39 is 5.91 Å². The fourth-order valence-corrected chi connectivity index (χ4v) is 4.43. The number of fused-ring (bicyclic) bond motifs is 1. The first-order chi connectivity index (χ1) is 13.6. The molecular weight excluding hydrogens is 374 g/mol. The van der Waals surface area contributed by atoms with Gasteiger partial charge in [0, 0.05) is 10.4 Å². The molecule has 2 aromatic rings. The summed E-state index contributed by atoms with van der Waals surface area (Å²) in [5.41, 5.74) is 2.02. The second-order valence-electron chi connectivity index (χ2n) is 6.26. The largest absolute Gasteiger partial charge is 0.497 e. The zero-order chi connectivity index (χ0) is 20.1. The van der Waals surface area contributed by atoms with Crippen molar-refractivity contribution in [2.24, 2.45) is 0 Å². The van der Waals surface area contributed by atoms with Crippen molar-refractivity contribution in [2.75, 3.05) is 19.5 Å². The number of nitriles is 2. The van der Waals surface area contributed by atoms with Crippen LogP contribution in [0.25, 0.3) is 6.08 Å². The maximum Gasteiger partial charge on any atom is 0.266 e. The summed E-state index contributed by atoms with van der Waals surface area (Å²) in [6.07, 6.45) is 5.37. The fraction of sp³-hybridized carbons (Fsp3) is 0.286. The quantitative estimate of drug-likeness (QED) is 0.610. The van der Waals surface area contributed by atoms with Crippen LogP contribution in [0.4, 0.5) is 5.00 Å². The predicted octanol–water partition coefficient (Wildman–Crippen LogP) is 4.06. The first kappa shape index (κ1) is 19.5. The summed E-state index contributed by atoms with van der Waals surface area (Å²) in [5.74, 6) is 0.551. The third kappa shape index (κ3) is 3.85. The molecule has 1 N–H and O–H groups in total. The minimum Gasteiger partial charge on any atom is -0.497 e. The fourth-order valence-electron chi connectivity index (χ4n) is 3.20. The summed E-state index contributed by atoms with van der Waals surface area (Å²) in [5, 5.41) is 22.3. The van der Waals surface area contributed by atoms with Gasteiger partial charge in [-0.15, -0.1) is 11.3 Å². The second-order valence-corrected chi connectivity index (χ2v) is 7.36. The molecule has 6 nitrogen and oxygen atoms in total. The number of thiophene rings is 1. The Morgan fingerprint density at radius 2 is 2.00 bits per heavy atom. The average Bonchev–Trinajstić information content (AvgIpc) is 3.08. The standard InChI is InChI=1S/C21H19N3O3S/c1-26-15-7-8-18(27-2)13(10-15)9-14(11-22)20(25)24-21-17(12-23)16-5-3-4-6-19(16)28-21/h7-10H,3-6H2,1-2H3,(H,24,25)/b14-9+. The van der Waals surface area contributed by atoms with Crippen LogP contribution in [0.2, 0.25) is 0 Å². The van der Waals surface area contributed by atoms with E-state index in [2.05, 4.69) is 11.4 Å². The lowest BCUT2D eigenvalue weighted by Crippen LogP contribution is -2.13. The summed E-state index contributed by atoms with van der Waals surface area (Å²) in [4.78, 5) is 13.9. The van der Waals surface area contributed by atoms with Gasteiger partial charge in [0.1, 0.15) is 34.2 Å². The molecule has 0 unspecified atom stereocenters. The van der Waals surface area contributed by atoms with Gasteiger partial charge in [-0.3, -0.25) is 4.79 Å². The monoisotopic (exact) mass is 393 g/mol. The minimum atomic E-state index is -0.553. The highest BCUT2D eigenvalue weighted by molar-refractivity contribution is 7.16. The maximum atomic E-state index is 12.7. The van der Waals surface area contributed by atoms with E-state index in [-0.39, 0.29) is 5.57 Å². The molecule has 7 heteroatoms. The van der Waals surface area contributed by atoms with E-state index in [1.807, 2.05) is 6.07 Å². The Balaban J connectivity index is 1.92. The van der Waals surface area contributed by atoms with E-state index in [1.165, 1.54) is 31.6 Å². The maximum absolute atomic E-state index is 12.7. The number of amides is 1. The molecule has 0 saturated carbocycles. The Morgan fingerprint density at radius 1 is 1.21 bits per heavy atom. The van der Waals surface area contributed by atoms with Gasteiger partial charge in [-0.05, 0) is 55.5 Å². The number of hydrogen-bond donors (Lipinski definition) is 1.